The Kier molecular flexibility index (Phi) is 5.82. The number of carbonyl (C=O) groups excluding carboxylic acids is 2. The third kappa shape index (κ3) is 4.72. The summed E-state index contributed by atoms with van der Waals surface area (Å²) in [5.41, 5.74) is 10.1. The van der Waals surface area contributed by atoms with Crippen molar-refractivity contribution >= 4 is 34.1 Å². The topological polar surface area (TPSA) is 152 Å². The highest BCUT2D eigenvalue weighted by Crippen LogP contribution is 2.46. The first kappa shape index (κ1) is 23.0. The van der Waals surface area contributed by atoms with Crippen LogP contribution in [-0.4, -0.2) is 31.6 Å². The van der Waals surface area contributed by atoms with Crippen LogP contribution in [0.3, 0.4) is 0 Å². The molecular weight excluding hydrogens is 456 g/mol. The fraction of sp³-hybridized carbons (Fsp3) is 0.231. The van der Waals surface area contributed by atoms with E-state index in [9.17, 15) is 14.9 Å². The van der Waals surface area contributed by atoms with Gasteiger partial charge in [0.1, 0.15) is 5.82 Å². The molecule has 1 aliphatic rings. The third-order valence-corrected chi connectivity index (χ3v) is 6.36. The first-order valence-electron chi connectivity index (χ1n) is 11.5. The maximum absolute atomic E-state index is 12.5. The van der Waals surface area contributed by atoms with Crippen LogP contribution >= 0.6 is 0 Å². The Labute approximate surface area is 207 Å². The zero-order valence-corrected chi connectivity index (χ0v) is 19.7. The molecule has 10 nitrogen and oxygen atoms in total. The molecule has 3 aromatic heterocycles. The summed E-state index contributed by atoms with van der Waals surface area (Å²) in [6.45, 7) is 2.66. The summed E-state index contributed by atoms with van der Waals surface area (Å²) < 4.78 is 1.70. The van der Waals surface area contributed by atoms with Crippen LogP contribution < -0.4 is 16.4 Å². The zero-order chi connectivity index (χ0) is 25.3. The van der Waals surface area contributed by atoms with Crippen molar-refractivity contribution in [2.75, 3.05) is 11.1 Å². The van der Waals surface area contributed by atoms with Gasteiger partial charge < -0.3 is 16.4 Å². The monoisotopic (exact) mass is 480 g/mol. The van der Waals surface area contributed by atoms with Crippen molar-refractivity contribution in [3.63, 3.8) is 0 Å². The second kappa shape index (κ2) is 9.11. The van der Waals surface area contributed by atoms with Crippen molar-refractivity contribution in [3.8, 4) is 17.2 Å². The van der Waals surface area contributed by atoms with E-state index in [0.29, 0.717) is 12.2 Å². The number of nitrogens with zero attached hydrogens (tertiary/aromatic N) is 5. The van der Waals surface area contributed by atoms with Gasteiger partial charge in [0.05, 0.1) is 24.2 Å². The number of nitrogen functional groups attached to an aromatic ring is 1. The van der Waals surface area contributed by atoms with Crippen molar-refractivity contribution in [1.82, 2.24) is 25.1 Å². The largest absolute Gasteiger partial charge is 0.398 e. The second-order valence-electron chi connectivity index (χ2n) is 9.12. The number of nitrogens with two attached hydrogens (primary N) is 1. The normalized spacial score (nSPS) is 13.7. The fourth-order valence-electron chi connectivity index (χ4n) is 4.06. The smallest absolute Gasteiger partial charge is 0.314 e. The molecule has 0 aliphatic heterocycles. The van der Waals surface area contributed by atoms with Gasteiger partial charge in [0.2, 0.25) is 0 Å². The lowest BCUT2D eigenvalue weighted by atomic mass is 9.99. The van der Waals surface area contributed by atoms with Crippen molar-refractivity contribution in [2.24, 2.45) is 5.41 Å². The first-order valence-corrected chi connectivity index (χ1v) is 11.5. The number of aryl methyl sites for hydroxylation is 1. The van der Waals surface area contributed by atoms with Gasteiger partial charge in [-0.25, -0.2) is 4.98 Å². The van der Waals surface area contributed by atoms with E-state index < -0.39 is 11.8 Å². The molecule has 0 radical (unpaired) electrons. The van der Waals surface area contributed by atoms with Gasteiger partial charge in [-0.1, -0.05) is 0 Å². The van der Waals surface area contributed by atoms with Gasteiger partial charge in [-0.05, 0) is 60.5 Å². The molecule has 4 N–H and O–H groups in total. The molecule has 0 unspecified atom stereocenters. The van der Waals surface area contributed by atoms with Crippen LogP contribution in [0, 0.1) is 23.7 Å². The SMILES string of the molecule is Cc1ccncc1-c1cc(N)c2cnc(NC(=O)C(=O)NCc3cnn(CC4(C#N)CC4)c3)cc2c1. The second-order valence-corrected chi connectivity index (χ2v) is 9.12. The lowest BCUT2D eigenvalue weighted by molar-refractivity contribution is -0.136. The van der Waals surface area contributed by atoms with Gasteiger partial charge in [-0.15, -0.1) is 0 Å². The highest BCUT2D eigenvalue weighted by molar-refractivity contribution is 6.39. The number of hydrogen-bond acceptors (Lipinski definition) is 7. The number of nitrogens with one attached hydrogen (secondary N) is 2. The quantitative estimate of drug-likeness (QED) is 0.283. The van der Waals surface area contributed by atoms with Crippen molar-refractivity contribution < 1.29 is 9.59 Å². The van der Waals surface area contributed by atoms with Crippen molar-refractivity contribution in [2.45, 2.75) is 32.9 Å². The Morgan fingerprint density at radius 2 is 2.03 bits per heavy atom. The van der Waals surface area contributed by atoms with E-state index in [1.165, 1.54) is 0 Å². The molecule has 0 saturated heterocycles. The summed E-state index contributed by atoms with van der Waals surface area (Å²) in [4.78, 5) is 33.2. The van der Waals surface area contributed by atoms with Crippen LogP contribution in [0.5, 0.6) is 0 Å². The van der Waals surface area contributed by atoms with Crippen LogP contribution in [0.15, 0.2) is 55.2 Å². The standard InChI is InChI=1S/C26H24N8O2/c1-16-2-5-29-11-20(16)18-6-19-8-23(30-12-21(19)22(28)7-18)33-25(36)24(35)31-9-17-10-32-34(13-17)15-26(14-27)3-4-26/h2,5-8,10-13H,3-4,9,15,28H2,1H3,(H,31,35)(H,30,33,36). The van der Waals surface area contributed by atoms with Gasteiger partial charge in [0.25, 0.3) is 0 Å². The highest BCUT2D eigenvalue weighted by Gasteiger charge is 2.43. The number of fused-ring (bicyclic) bond motifs is 1. The minimum absolute atomic E-state index is 0.140. The molecule has 3 heterocycles. The van der Waals surface area contributed by atoms with Crippen LogP contribution in [-0.2, 0) is 22.7 Å². The summed E-state index contributed by atoms with van der Waals surface area (Å²) in [6, 6.07) is 9.75. The predicted octanol–water partition coefficient (Wildman–Crippen LogP) is 2.94. The third-order valence-electron chi connectivity index (χ3n) is 6.36. The molecule has 4 aromatic rings. The maximum Gasteiger partial charge on any atom is 0.314 e. The molecule has 0 bridgehead atoms. The van der Waals surface area contributed by atoms with Gasteiger partial charge in [-0.3, -0.25) is 19.3 Å². The summed E-state index contributed by atoms with van der Waals surface area (Å²) in [6.07, 6.45) is 10.2. The minimum atomic E-state index is -0.831. The van der Waals surface area contributed by atoms with Crippen LogP contribution in [0.25, 0.3) is 21.9 Å². The summed E-state index contributed by atoms with van der Waals surface area (Å²) >= 11 is 0. The fourth-order valence-corrected chi connectivity index (χ4v) is 4.06. The number of rotatable bonds is 6. The van der Waals surface area contributed by atoms with E-state index in [2.05, 4.69) is 31.8 Å². The molecule has 5 rings (SSSR count). The zero-order valence-electron chi connectivity index (χ0n) is 19.7. The molecule has 1 aliphatic carbocycles. The van der Waals surface area contributed by atoms with Gasteiger partial charge in [0, 0.05) is 53.5 Å². The molecular formula is C26H24N8O2. The average Bonchev–Trinajstić information content (AvgIpc) is 3.50. The van der Waals surface area contributed by atoms with Crippen LogP contribution in [0.4, 0.5) is 11.5 Å². The van der Waals surface area contributed by atoms with Crippen LogP contribution in [0.1, 0.15) is 24.0 Å². The predicted molar refractivity (Wildman–Crippen MR) is 134 cm³/mol. The van der Waals surface area contributed by atoms with Crippen molar-refractivity contribution in [1.29, 1.82) is 5.26 Å². The molecule has 36 heavy (non-hydrogen) atoms. The summed E-state index contributed by atoms with van der Waals surface area (Å²) in [7, 11) is 0. The molecule has 1 aromatic carbocycles. The maximum atomic E-state index is 12.5. The number of aromatic nitrogens is 4. The first-order chi connectivity index (χ1) is 17.4. The number of anilines is 2. The van der Waals surface area contributed by atoms with Gasteiger partial charge >= 0.3 is 11.8 Å². The molecule has 180 valence electrons. The van der Waals surface area contributed by atoms with Gasteiger partial charge in [0.15, 0.2) is 0 Å². The Bertz CT molecular complexity index is 1530. The Morgan fingerprint density at radius 1 is 1.19 bits per heavy atom. The van der Waals surface area contributed by atoms with E-state index >= 15 is 0 Å². The molecule has 2 amide bonds. The number of pyridine rings is 2. The Hall–Kier alpha value is -4.78. The van der Waals surface area contributed by atoms with Crippen LogP contribution in [0.2, 0.25) is 0 Å². The van der Waals surface area contributed by atoms with E-state index in [0.717, 1.165) is 45.9 Å². The Balaban J connectivity index is 1.24. The number of hydrogen-bond donors (Lipinski definition) is 3. The molecule has 10 heteroatoms. The van der Waals surface area contributed by atoms with E-state index in [4.69, 9.17) is 5.73 Å². The molecule has 0 spiro atoms. The Morgan fingerprint density at radius 3 is 2.78 bits per heavy atom. The van der Waals surface area contributed by atoms with E-state index in [1.54, 1.807) is 41.7 Å². The van der Waals surface area contributed by atoms with E-state index in [-0.39, 0.29) is 17.8 Å². The lowest BCUT2D eigenvalue weighted by Gasteiger charge is -2.11. The summed E-state index contributed by atoms with van der Waals surface area (Å²) in [5.74, 6) is -1.39. The number of benzene rings is 1. The van der Waals surface area contributed by atoms with Crippen molar-refractivity contribution in [3.05, 3.63) is 66.4 Å². The lowest BCUT2D eigenvalue weighted by Crippen LogP contribution is -2.35. The molecule has 1 saturated carbocycles. The highest BCUT2D eigenvalue weighted by atomic mass is 16.2. The number of amides is 2. The van der Waals surface area contributed by atoms with Gasteiger partial charge in [-0.2, -0.15) is 10.4 Å². The number of carbonyl (C=O) groups is 2. The molecule has 0 atom stereocenters. The number of nitriles is 1. The van der Waals surface area contributed by atoms with E-state index in [1.807, 2.05) is 25.1 Å². The molecule has 1 fully saturated rings. The average molecular weight is 481 g/mol. The summed E-state index contributed by atoms with van der Waals surface area (Å²) in [5, 5.41) is 20.1. The minimum Gasteiger partial charge on any atom is -0.398 e.